The summed E-state index contributed by atoms with van der Waals surface area (Å²) in [4.78, 5) is 28.1. The predicted molar refractivity (Wildman–Crippen MR) is 80.3 cm³/mol. The van der Waals surface area contributed by atoms with Crippen molar-refractivity contribution in [2.24, 2.45) is 0 Å². The Morgan fingerprint density at radius 2 is 2.04 bits per heavy atom. The van der Waals surface area contributed by atoms with Crippen LogP contribution in [0.3, 0.4) is 0 Å². The van der Waals surface area contributed by atoms with Gasteiger partial charge in [0.15, 0.2) is 11.6 Å². The summed E-state index contributed by atoms with van der Waals surface area (Å²) in [5.74, 6) is -0.285. The van der Waals surface area contributed by atoms with Gasteiger partial charge in [-0.15, -0.1) is 0 Å². The molecule has 23 heavy (non-hydrogen) atoms. The van der Waals surface area contributed by atoms with Crippen molar-refractivity contribution in [2.45, 2.75) is 38.0 Å². The SMILES string of the molecule is COC(=O)c1occc1NC(=O)c1coc(C2CCCCC2)n1. The lowest BCUT2D eigenvalue weighted by molar-refractivity contribution is 0.0566. The quantitative estimate of drug-likeness (QED) is 0.869. The van der Waals surface area contributed by atoms with Gasteiger partial charge >= 0.3 is 5.97 Å². The van der Waals surface area contributed by atoms with Crippen LogP contribution >= 0.6 is 0 Å². The third kappa shape index (κ3) is 3.28. The number of ether oxygens (including phenoxy) is 1. The summed E-state index contributed by atoms with van der Waals surface area (Å²) < 4.78 is 15.1. The first-order valence-corrected chi connectivity index (χ1v) is 7.61. The molecule has 0 saturated heterocycles. The molecule has 0 spiro atoms. The van der Waals surface area contributed by atoms with Crippen LogP contribution in [0.2, 0.25) is 0 Å². The lowest BCUT2D eigenvalue weighted by atomic mass is 9.89. The number of hydrogen-bond donors (Lipinski definition) is 1. The number of aromatic nitrogens is 1. The van der Waals surface area contributed by atoms with Crippen molar-refractivity contribution in [3.05, 3.63) is 35.9 Å². The van der Waals surface area contributed by atoms with Crippen molar-refractivity contribution < 1.29 is 23.2 Å². The highest BCUT2D eigenvalue weighted by molar-refractivity contribution is 6.06. The second-order valence-electron chi connectivity index (χ2n) is 5.52. The summed E-state index contributed by atoms with van der Waals surface area (Å²) in [5, 5.41) is 2.58. The number of rotatable bonds is 4. The number of amides is 1. The number of nitrogens with one attached hydrogen (secondary N) is 1. The van der Waals surface area contributed by atoms with Gasteiger partial charge in [0.2, 0.25) is 5.76 Å². The van der Waals surface area contributed by atoms with E-state index in [9.17, 15) is 9.59 Å². The van der Waals surface area contributed by atoms with Gasteiger partial charge in [-0.25, -0.2) is 9.78 Å². The van der Waals surface area contributed by atoms with Crippen LogP contribution in [-0.4, -0.2) is 24.0 Å². The summed E-state index contributed by atoms with van der Waals surface area (Å²) in [5.41, 5.74) is 0.423. The van der Waals surface area contributed by atoms with Crippen LogP contribution in [-0.2, 0) is 4.74 Å². The van der Waals surface area contributed by atoms with Crippen LogP contribution in [0.15, 0.2) is 27.4 Å². The Morgan fingerprint density at radius 3 is 2.78 bits per heavy atom. The van der Waals surface area contributed by atoms with Crippen LogP contribution in [0.5, 0.6) is 0 Å². The first kappa shape index (κ1) is 15.3. The van der Waals surface area contributed by atoms with Gasteiger partial charge in [0.25, 0.3) is 5.91 Å². The Labute approximate surface area is 133 Å². The van der Waals surface area contributed by atoms with E-state index in [1.165, 1.54) is 32.1 Å². The molecule has 1 amide bonds. The lowest BCUT2D eigenvalue weighted by Gasteiger charge is -2.17. The van der Waals surface area contributed by atoms with Crippen LogP contribution in [0.25, 0.3) is 0 Å². The Bertz CT molecular complexity index is 697. The van der Waals surface area contributed by atoms with Crippen LogP contribution in [0, 0.1) is 0 Å². The van der Waals surface area contributed by atoms with Gasteiger partial charge in [-0.2, -0.15) is 0 Å². The number of nitrogens with zero attached hydrogens (tertiary/aromatic N) is 1. The molecule has 1 fully saturated rings. The molecule has 0 radical (unpaired) electrons. The first-order chi connectivity index (χ1) is 11.2. The van der Waals surface area contributed by atoms with Crippen molar-refractivity contribution in [1.29, 1.82) is 0 Å². The smallest absolute Gasteiger partial charge is 0.376 e. The summed E-state index contributed by atoms with van der Waals surface area (Å²) >= 11 is 0. The molecule has 1 N–H and O–H groups in total. The van der Waals surface area contributed by atoms with E-state index in [1.807, 2.05) is 0 Å². The summed E-state index contributed by atoms with van der Waals surface area (Å²) in [6.07, 6.45) is 8.28. The van der Waals surface area contributed by atoms with Gasteiger partial charge in [-0.1, -0.05) is 19.3 Å². The third-order valence-corrected chi connectivity index (χ3v) is 3.99. The van der Waals surface area contributed by atoms with Crippen LogP contribution in [0.4, 0.5) is 5.69 Å². The normalized spacial score (nSPS) is 15.3. The molecule has 3 rings (SSSR count). The van der Waals surface area contributed by atoms with E-state index in [0.29, 0.717) is 5.89 Å². The van der Waals surface area contributed by atoms with Crippen LogP contribution in [0.1, 0.15) is 65.0 Å². The largest absolute Gasteiger partial charge is 0.463 e. The number of carbonyl (C=O) groups excluding carboxylic acids is 2. The highest BCUT2D eigenvalue weighted by Gasteiger charge is 2.23. The highest BCUT2D eigenvalue weighted by Crippen LogP contribution is 2.32. The second kappa shape index (κ2) is 6.68. The van der Waals surface area contributed by atoms with E-state index >= 15 is 0 Å². The molecule has 0 unspecified atom stereocenters. The van der Waals surface area contributed by atoms with Crippen molar-refractivity contribution in [2.75, 3.05) is 12.4 Å². The predicted octanol–water partition coefficient (Wildman–Crippen LogP) is 3.35. The monoisotopic (exact) mass is 318 g/mol. The molecule has 2 heterocycles. The van der Waals surface area contributed by atoms with Gasteiger partial charge in [0.05, 0.1) is 19.1 Å². The molecular formula is C16H18N2O5. The second-order valence-corrected chi connectivity index (χ2v) is 5.52. The highest BCUT2D eigenvalue weighted by atomic mass is 16.5. The molecule has 0 aromatic carbocycles. The van der Waals surface area contributed by atoms with Gasteiger partial charge in [-0.3, -0.25) is 4.79 Å². The fourth-order valence-corrected chi connectivity index (χ4v) is 2.77. The minimum Gasteiger partial charge on any atom is -0.463 e. The molecule has 7 nitrogen and oxygen atoms in total. The van der Waals surface area contributed by atoms with E-state index in [1.54, 1.807) is 0 Å². The first-order valence-electron chi connectivity index (χ1n) is 7.61. The van der Waals surface area contributed by atoms with Crippen molar-refractivity contribution in [3.8, 4) is 0 Å². The maximum atomic E-state index is 12.2. The molecular weight excluding hydrogens is 300 g/mol. The van der Waals surface area contributed by atoms with E-state index in [0.717, 1.165) is 25.7 Å². The van der Waals surface area contributed by atoms with E-state index in [4.69, 9.17) is 8.83 Å². The number of hydrogen-bond acceptors (Lipinski definition) is 6. The Balaban J connectivity index is 1.70. The fraction of sp³-hybridized carbons (Fsp3) is 0.438. The third-order valence-electron chi connectivity index (χ3n) is 3.99. The molecule has 7 heteroatoms. The molecule has 2 aromatic rings. The molecule has 1 saturated carbocycles. The van der Waals surface area contributed by atoms with Gasteiger partial charge < -0.3 is 18.9 Å². The van der Waals surface area contributed by atoms with Gasteiger partial charge in [-0.05, 0) is 12.8 Å². The molecule has 2 aromatic heterocycles. The fourth-order valence-electron chi connectivity index (χ4n) is 2.77. The average molecular weight is 318 g/mol. The molecule has 0 atom stereocenters. The Kier molecular flexibility index (Phi) is 4.45. The van der Waals surface area contributed by atoms with E-state index in [-0.39, 0.29) is 23.1 Å². The Morgan fingerprint density at radius 1 is 1.26 bits per heavy atom. The van der Waals surface area contributed by atoms with Crippen LogP contribution < -0.4 is 5.32 Å². The number of furan rings is 1. The standard InChI is InChI=1S/C16H18N2O5/c1-21-16(20)13-11(7-8-22-13)17-14(19)12-9-23-15(18-12)10-5-3-2-4-6-10/h7-10H,2-6H2,1H3,(H,17,19). The number of esters is 1. The molecule has 0 aliphatic heterocycles. The number of anilines is 1. The zero-order valence-electron chi connectivity index (χ0n) is 12.8. The van der Waals surface area contributed by atoms with E-state index < -0.39 is 11.9 Å². The maximum absolute atomic E-state index is 12.2. The van der Waals surface area contributed by atoms with Crippen molar-refractivity contribution in [1.82, 2.24) is 4.98 Å². The summed E-state index contributed by atoms with van der Waals surface area (Å²) in [6.45, 7) is 0. The number of methoxy groups -OCH3 is 1. The molecule has 1 aliphatic carbocycles. The number of carbonyl (C=O) groups is 2. The van der Waals surface area contributed by atoms with Gasteiger partial charge in [0, 0.05) is 12.0 Å². The molecule has 1 aliphatic rings. The van der Waals surface area contributed by atoms with Crippen molar-refractivity contribution >= 4 is 17.6 Å². The molecule has 122 valence electrons. The zero-order valence-corrected chi connectivity index (χ0v) is 12.8. The topological polar surface area (TPSA) is 94.6 Å². The Hall–Kier alpha value is -2.57. The number of oxazole rings is 1. The maximum Gasteiger partial charge on any atom is 0.376 e. The minimum absolute atomic E-state index is 0.0585. The molecule has 0 bridgehead atoms. The summed E-state index contributed by atoms with van der Waals surface area (Å²) in [6, 6.07) is 1.48. The average Bonchev–Trinajstić information content (AvgIpc) is 3.24. The van der Waals surface area contributed by atoms with Crippen molar-refractivity contribution in [3.63, 3.8) is 0 Å². The van der Waals surface area contributed by atoms with E-state index in [2.05, 4.69) is 15.0 Å². The minimum atomic E-state index is -0.659. The van der Waals surface area contributed by atoms with Gasteiger partial charge in [0.1, 0.15) is 6.26 Å². The lowest BCUT2D eigenvalue weighted by Crippen LogP contribution is -2.15. The summed E-state index contributed by atoms with van der Waals surface area (Å²) in [7, 11) is 1.24. The zero-order chi connectivity index (χ0) is 16.2.